The first-order valence-corrected chi connectivity index (χ1v) is 6.06. The summed E-state index contributed by atoms with van der Waals surface area (Å²) in [6.45, 7) is 3.43. The fourth-order valence-corrected chi connectivity index (χ4v) is 2.57. The molecular weight excluding hydrogens is 270 g/mol. The topological polar surface area (TPSA) is 40.5 Å². The molecule has 1 aliphatic heterocycles. The predicted molar refractivity (Wildman–Crippen MR) is 66.2 cm³/mol. The van der Waals surface area contributed by atoms with Crippen LogP contribution in [0.2, 0.25) is 0 Å². The number of hydrogen-bond donors (Lipinski definition) is 1. The van der Waals surface area contributed by atoms with Crippen molar-refractivity contribution in [1.82, 2.24) is 0 Å². The van der Waals surface area contributed by atoms with Crippen molar-refractivity contribution in [2.24, 2.45) is 5.92 Å². The first kappa shape index (κ1) is 11.6. The maximum Gasteiger partial charge on any atom is 0.225 e. The molecule has 1 aliphatic rings. The van der Waals surface area contributed by atoms with Crippen LogP contribution in [0.25, 0.3) is 0 Å². The average molecular weight is 284 g/mol. The van der Waals surface area contributed by atoms with Gasteiger partial charge in [-0.3, -0.25) is 9.69 Å². The molecule has 2 unspecified atom stereocenters. The van der Waals surface area contributed by atoms with Crippen molar-refractivity contribution in [2.75, 3.05) is 4.90 Å². The Kier molecular flexibility index (Phi) is 3.04. The summed E-state index contributed by atoms with van der Waals surface area (Å²) >= 11 is 3.42. The summed E-state index contributed by atoms with van der Waals surface area (Å²) in [7, 11) is 0. The number of rotatable bonds is 0. The van der Waals surface area contributed by atoms with Gasteiger partial charge in [0, 0.05) is 23.0 Å². The number of carbonyl (C=O) groups excluding carboxylic acids is 1. The van der Waals surface area contributed by atoms with Crippen LogP contribution in [0.4, 0.5) is 5.69 Å². The van der Waals surface area contributed by atoms with E-state index in [1.165, 1.54) is 11.8 Å². The fraction of sp³-hybridized carbons (Fsp3) is 0.417. The third kappa shape index (κ3) is 1.87. The van der Waals surface area contributed by atoms with E-state index >= 15 is 0 Å². The van der Waals surface area contributed by atoms with Crippen LogP contribution in [0.15, 0.2) is 22.7 Å². The number of aliphatic hydroxyl groups is 1. The summed E-state index contributed by atoms with van der Waals surface area (Å²) in [6.07, 6.45) is 0.0749. The molecule has 1 heterocycles. The van der Waals surface area contributed by atoms with Gasteiger partial charge in [-0.1, -0.05) is 22.9 Å². The molecule has 0 bridgehead atoms. The fourth-order valence-electron chi connectivity index (χ4n) is 2.16. The minimum Gasteiger partial charge on any atom is -0.373 e. The molecule has 0 saturated heterocycles. The first-order valence-electron chi connectivity index (χ1n) is 5.27. The molecule has 0 aromatic heterocycles. The normalized spacial score (nSPS) is 24.1. The van der Waals surface area contributed by atoms with Gasteiger partial charge in [0.1, 0.15) is 6.23 Å². The molecule has 86 valence electrons. The Morgan fingerprint density at radius 1 is 1.56 bits per heavy atom. The van der Waals surface area contributed by atoms with Crippen LogP contribution in [-0.4, -0.2) is 17.2 Å². The molecular formula is C12H14BrNO2. The van der Waals surface area contributed by atoms with E-state index < -0.39 is 6.23 Å². The van der Waals surface area contributed by atoms with Crippen LogP contribution < -0.4 is 4.90 Å². The van der Waals surface area contributed by atoms with Crippen molar-refractivity contribution in [3.63, 3.8) is 0 Å². The molecule has 3 nitrogen and oxygen atoms in total. The molecule has 1 amide bonds. The molecule has 1 N–H and O–H groups in total. The smallest absolute Gasteiger partial charge is 0.225 e. The molecule has 0 fully saturated rings. The van der Waals surface area contributed by atoms with Crippen LogP contribution in [0.3, 0.4) is 0 Å². The standard InChI is InChI=1S/C12H14BrNO2/c1-7-5-9-6-10(13)3-4-11(9)14(8(2)15)12(7)16/h3-4,6-7,12,16H,5H2,1-2H3. The highest BCUT2D eigenvalue weighted by Gasteiger charge is 2.32. The number of fused-ring (bicyclic) bond motifs is 1. The lowest BCUT2D eigenvalue weighted by atomic mass is 9.92. The molecule has 4 heteroatoms. The van der Waals surface area contributed by atoms with Gasteiger partial charge in [0.05, 0.1) is 0 Å². The zero-order valence-electron chi connectivity index (χ0n) is 9.27. The van der Waals surface area contributed by atoms with Crippen molar-refractivity contribution >= 4 is 27.5 Å². The minimum atomic E-state index is -0.717. The van der Waals surface area contributed by atoms with Gasteiger partial charge in [0.25, 0.3) is 0 Å². The Balaban J connectivity index is 2.52. The van der Waals surface area contributed by atoms with Gasteiger partial charge in [-0.25, -0.2) is 0 Å². The molecule has 0 spiro atoms. The van der Waals surface area contributed by atoms with Gasteiger partial charge in [0.2, 0.25) is 5.91 Å². The summed E-state index contributed by atoms with van der Waals surface area (Å²) in [4.78, 5) is 13.0. The van der Waals surface area contributed by atoms with Crippen LogP contribution >= 0.6 is 15.9 Å². The Labute approximate surface area is 103 Å². The lowest BCUT2D eigenvalue weighted by molar-refractivity contribution is -0.119. The molecule has 0 saturated carbocycles. The lowest BCUT2D eigenvalue weighted by Gasteiger charge is -2.37. The highest BCUT2D eigenvalue weighted by atomic mass is 79.9. The van der Waals surface area contributed by atoms with Gasteiger partial charge < -0.3 is 5.11 Å². The van der Waals surface area contributed by atoms with Crippen LogP contribution in [0.1, 0.15) is 19.4 Å². The number of nitrogens with zero attached hydrogens (tertiary/aromatic N) is 1. The molecule has 0 radical (unpaired) electrons. The van der Waals surface area contributed by atoms with E-state index in [4.69, 9.17) is 0 Å². The zero-order valence-corrected chi connectivity index (χ0v) is 10.9. The highest BCUT2D eigenvalue weighted by Crippen LogP contribution is 2.34. The largest absolute Gasteiger partial charge is 0.373 e. The van der Waals surface area contributed by atoms with Crippen molar-refractivity contribution in [2.45, 2.75) is 26.5 Å². The summed E-state index contributed by atoms with van der Waals surface area (Å²) < 4.78 is 0.998. The average Bonchev–Trinajstić information content (AvgIpc) is 2.19. The van der Waals surface area contributed by atoms with Crippen LogP contribution in [0.5, 0.6) is 0 Å². The van der Waals surface area contributed by atoms with E-state index in [2.05, 4.69) is 15.9 Å². The SMILES string of the molecule is CC(=O)N1c2ccc(Br)cc2CC(C)C1O. The van der Waals surface area contributed by atoms with Gasteiger partial charge in [-0.15, -0.1) is 0 Å². The number of amides is 1. The number of anilines is 1. The first-order chi connectivity index (χ1) is 7.50. The van der Waals surface area contributed by atoms with Gasteiger partial charge in [-0.05, 0) is 30.2 Å². The highest BCUT2D eigenvalue weighted by molar-refractivity contribution is 9.10. The predicted octanol–water partition coefficient (Wildman–Crippen LogP) is 2.31. The molecule has 1 aromatic rings. The Bertz CT molecular complexity index is 433. The Morgan fingerprint density at radius 3 is 2.88 bits per heavy atom. The quantitative estimate of drug-likeness (QED) is 0.794. The number of carbonyl (C=O) groups is 1. The maximum atomic E-state index is 11.6. The summed E-state index contributed by atoms with van der Waals surface area (Å²) in [6, 6.07) is 5.76. The second kappa shape index (κ2) is 4.18. The Morgan fingerprint density at radius 2 is 2.25 bits per heavy atom. The molecule has 0 aliphatic carbocycles. The van der Waals surface area contributed by atoms with E-state index in [0.29, 0.717) is 0 Å². The van der Waals surface area contributed by atoms with Crippen molar-refractivity contribution in [1.29, 1.82) is 0 Å². The molecule has 2 rings (SSSR count). The van der Waals surface area contributed by atoms with E-state index in [-0.39, 0.29) is 11.8 Å². The lowest BCUT2D eigenvalue weighted by Crippen LogP contribution is -2.47. The van der Waals surface area contributed by atoms with Crippen molar-refractivity contribution in [3.05, 3.63) is 28.2 Å². The summed E-state index contributed by atoms with van der Waals surface area (Å²) in [5.74, 6) is -0.0617. The second-order valence-electron chi connectivity index (χ2n) is 4.26. The van der Waals surface area contributed by atoms with Gasteiger partial charge in [0.15, 0.2) is 0 Å². The van der Waals surface area contributed by atoms with E-state index in [1.54, 1.807) is 0 Å². The van der Waals surface area contributed by atoms with Crippen LogP contribution in [0, 0.1) is 5.92 Å². The van der Waals surface area contributed by atoms with E-state index in [9.17, 15) is 9.90 Å². The third-order valence-corrected chi connectivity index (χ3v) is 3.45. The Hall–Kier alpha value is -0.870. The van der Waals surface area contributed by atoms with Crippen molar-refractivity contribution < 1.29 is 9.90 Å². The molecule has 2 atom stereocenters. The zero-order chi connectivity index (χ0) is 11.9. The van der Waals surface area contributed by atoms with Crippen molar-refractivity contribution in [3.8, 4) is 0 Å². The summed E-state index contributed by atoms with van der Waals surface area (Å²) in [5.41, 5.74) is 1.92. The second-order valence-corrected chi connectivity index (χ2v) is 5.17. The summed E-state index contributed by atoms with van der Waals surface area (Å²) in [5, 5.41) is 10.0. The monoisotopic (exact) mass is 283 g/mol. The van der Waals surface area contributed by atoms with Gasteiger partial charge >= 0.3 is 0 Å². The third-order valence-electron chi connectivity index (χ3n) is 2.96. The van der Waals surface area contributed by atoms with E-state index in [0.717, 1.165) is 22.1 Å². The number of aliphatic hydroxyl groups excluding tert-OH is 1. The van der Waals surface area contributed by atoms with E-state index in [1.807, 2.05) is 25.1 Å². The minimum absolute atomic E-state index is 0.0608. The number of hydrogen-bond acceptors (Lipinski definition) is 2. The molecule has 16 heavy (non-hydrogen) atoms. The molecule has 1 aromatic carbocycles. The van der Waals surface area contributed by atoms with Crippen LogP contribution in [-0.2, 0) is 11.2 Å². The maximum absolute atomic E-state index is 11.6. The number of benzene rings is 1. The van der Waals surface area contributed by atoms with Gasteiger partial charge in [-0.2, -0.15) is 0 Å². The number of halogens is 1.